The van der Waals surface area contributed by atoms with Crippen LogP contribution >= 0.6 is 23.7 Å². The largest absolute Gasteiger partial charge is 0.483 e. The van der Waals surface area contributed by atoms with Crippen molar-refractivity contribution in [2.24, 2.45) is 0 Å². The molecule has 1 saturated heterocycles. The Morgan fingerprint density at radius 2 is 2.00 bits per heavy atom. The molecule has 154 valence electrons. The molecule has 1 atom stereocenters. The van der Waals surface area contributed by atoms with Crippen LogP contribution in [-0.4, -0.2) is 37.0 Å². The summed E-state index contributed by atoms with van der Waals surface area (Å²) in [5.74, 6) is 1.11. The SMILES string of the molecule is Cc1ccc(C(C)C)c(OCC(=O)NCC(c2cccs2)N2CCCC2)c1.Cl. The molecule has 1 aliphatic heterocycles. The quantitative estimate of drug-likeness (QED) is 0.655. The van der Waals surface area contributed by atoms with Gasteiger partial charge in [0.25, 0.3) is 5.91 Å². The van der Waals surface area contributed by atoms with Gasteiger partial charge in [0.05, 0.1) is 6.04 Å². The zero-order chi connectivity index (χ0) is 19.2. The number of likely N-dealkylation sites (tertiary alicyclic amines) is 1. The third kappa shape index (κ3) is 5.97. The van der Waals surface area contributed by atoms with Crippen LogP contribution in [-0.2, 0) is 4.79 Å². The van der Waals surface area contributed by atoms with Gasteiger partial charge in [0.1, 0.15) is 5.75 Å². The maximum Gasteiger partial charge on any atom is 0.258 e. The Hall–Kier alpha value is -1.56. The molecule has 3 rings (SSSR count). The van der Waals surface area contributed by atoms with Crippen LogP contribution in [0, 0.1) is 6.92 Å². The molecule has 6 heteroatoms. The van der Waals surface area contributed by atoms with Gasteiger partial charge >= 0.3 is 0 Å². The van der Waals surface area contributed by atoms with Gasteiger partial charge in [0.15, 0.2) is 6.61 Å². The number of benzene rings is 1. The van der Waals surface area contributed by atoms with Crippen molar-refractivity contribution in [1.29, 1.82) is 0 Å². The van der Waals surface area contributed by atoms with Gasteiger partial charge in [-0.25, -0.2) is 0 Å². The number of carbonyl (C=O) groups excluding carboxylic acids is 1. The Balaban J connectivity index is 0.00000280. The van der Waals surface area contributed by atoms with Gasteiger partial charge in [0, 0.05) is 11.4 Å². The second-order valence-corrected chi connectivity index (χ2v) is 8.54. The summed E-state index contributed by atoms with van der Waals surface area (Å²) in [6, 6.07) is 10.7. The summed E-state index contributed by atoms with van der Waals surface area (Å²) >= 11 is 1.76. The van der Waals surface area contributed by atoms with Crippen molar-refractivity contribution in [3.63, 3.8) is 0 Å². The molecule has 0 bridgehead atoms. The highest BCUT2D eigenvalue weighted by Crippen LogP contribution is 2.29. The van der Waals surface area contributed by atoms with E-state index in [9.17, 15) is 4.79 Å². The van der Waals surface area contributed by atoms with E-state index in [4.69, 9.17) is 4.74 Å². The molecular formula is C22H31ClN2O2S. The van der Waals surface area contributed by atoms with Gasteiger partial charge in [-0.05, 0) is 67.4 Å². The Morgan fingerprint density at radius 3 is 2.64 bits per heavy atom. The third-order valence-electron chi connectivity index (χ3n) is 5.10. The number of nitrogens with zero attached hydrogens (tertiary/aromatic N) is 1. The predicted molar refractivity (Wildman–Crippen MR) is 119 cm³/mol. The topological polar surface area (TPSA) is 41.6 Å². The van der Waals surface area contributed by atoms with Gasteiger partial charge < -0.3 is 10.1 Å². The summed E-state index contributed by atoms with van der Waals surface area (Å²) in [4.78, 5) is 16.2. The monoisotopic (exact) mass is 422 g/mol. The molecule has 28 heavy (non-hydrogen) atoms. The number of hydrogen-bond donors (Lipinski definition) is 1. The normalized spacial score (nSPS) is 15.3. The van der Waals surface area contributed by atoms with Crippen molar-refractivity contribution in [3.8, 4) is 5.75 Å². The Labute approximate surface area is 178 Å². The molecule has 0 spiro atoms. The lowest BCUT2D eigenvalue weighted by Crippen LogP contribution is -2.38. The fourth-order valence-corrected chi connectivity index (χ4v) is 4.45. The van der Waals surface area contributed by atoms with Crippen LogP contribution in [0.2, 0.25) is 0 Å². The first kappa shape index (κ1) is 22.7. The van der Waals surface area contributed by atoms with Crippen molar-refractivity contribution in [3.05, 3.63) is 51.7 Å². The lowest BCUT2D eigenvalue weighted by atomic mass is 10.0. The smallest absolute Gasteiger partial charge is 0.258 e. The molecule has 1 aliphatic rings. The van der Waals surface area contributed by atoms with Crippen LogP contribution in [0.15, 0.2) is 35.7 Å². The van der Waals surface area contributed by atoms with Gasteiger partial charge in [0.2, 0.25) is 0 Å². The lowest BCUT2D eigenvalue weighted by molar-refractivity contribution is -0.123. The van der Waals surface area contributed by atoms with Crippen molar-refractivity contribution in [2.45, 2.75) is 45.6 Å². The Kier molecular flexibility index (Phi) is 8.80. The summed E-state index contributed by atoms with van der Waals surface area (Å²) in [7, 11) is 0. The van der Waals surface area contributed by atoms with Crippen molar-refractivity contribution < 1.29 is 9.53 Å². The minimum atomic E-state index is -0.0630. The minimum absolute atomic E-state index is 0. The number of ether oxygens (including phenoxy) is 1. The standard InChI is InChI=1S/C22H30N2O2S.ClH/c1-16(2)18-9-8-17(3)13-20(18)26-15-22(25)23-14-19(21-7-6-12-27-21)24-10-4-5-11-24;/h6-9,12-13,16,19H,4-5,10-11,14-15H2,1-3H3,(H,23,25);1H. The molecule has 1 unspecified atom stereocenters. The summed E-state index contributed by atoms with van der Waals surface area (Å²) in [5, 5.41) is 5.19. The van der Waals surface area contributed by atoms with E-state index >= 15 is 0 Å². The number of amides is 1. The fourth-order valence-electron chi connectivity index (χ4n) is 3.59. The minimum Gasteiger partial charge on any atom is -0.483 e. The highest BCUT2D eigenvalue weighted by molar-refractivity contribution is 7.10. The summed E-state index contributed by atoms with van der Waals surface area (Å²) in [6.07, 6.45) is 2.48. The highest BCUT2D eigenvalue weighted by Gasteiger charge is 2.24. The maximum atomic E-state index is 12.4. The first-order chi connectivity index (χ1) is 13.0. The van der Waals surface area contributed by atoms with Crippen LogP contribution in [0.5, 0.6) is 5.75 Å². The number of thiophene rings is 1. The summed E-state index contributed by atoms with van der Waals surface area (Å²) in [5.41, 5.74) is 2.28. The van der Waals surface area contributed by atoms with E-state index in [0.717, 1.165) is 30.0 Å². The second-order valence-electron chi connectivity index (χ2n) is 7.56. The molecule has 1 aromatic carbocycles. The van der Waals surface area contributed by atoms with E-state index in [1.165, 1.54) is 17.7 Å². The molecule has 2 heterocycles. The average molecular weight is 423 g/mol. The van der Waals surface area contributed by atoms with Crippen LogP contribution < -0.4 is 10.1 Å². The van der Waals surface area contributed by atoms with Crippen LogP contribution in [0.25, 0.3) is 0 Å². The molecule has 1 aromatic heterocycles. The molecular weight excluding hydrogens is 392 g/mol. The molecule has 1 N–H and O–H groups in total. The molecule has 2 aromatic rings. The van der Waals surface area contributed by atoms with Gasteiger partial charge in [-0.3, -0.25) is 9.69 Å². The van der Waals surface area contributed by atoms with E-state index in [-0.39, 0.29) is 31.0 Å². The van der Waals surface area contributed by atoms with Crippen LogP contribution in [0.3, 0.4) is 0 Å². The first-order valence-corrected chi connectivity index (χ1v) is 10.7. The number of halogens is 1. The molecule has 0 saturated carbocycles. The number of nitrogens with one attached hydrogen (secondary N) is 1. The number of rotatable bonds is 8. The molecule has 1 amide bonds. The number of carbonyl (C=O) groups is 1. The molecule has 0 aliphatic carbocycles. The van der Waals surface area contributed by atoms with Crippen molar-refractivity contribution in [1.82, 2.24) is 10.2 Å². The van der Waals surface area contributed by atoms with Gasteiger partial charge in [-0.15, -0.1) is 23.7 Å². The first-order valence-electron chi connectivity index (χ1n) is 9.82. The van der Waals surface area contributed by atoms with Gasteiger partial charge in [-0.1, -0.05) is 32.0 Å². The molecule has 0 radical (unpaired) electrons. The van der Waals surface area contributed by atoms with E-state index in [0.29, 0.717) is 12.5 Å². The van der Waals surface area contributed by atoms with Crippen molar-refractivity contribution >= 4 is 29.7 Å². The number of aryl methyl sites for hydroxylation is 1. The Morgan fingerprint density at radius 1 is 1.25 bits per heavy atom. The fraction of sp³-hybridized carbons (Fsp3) is 0.500. The highest BCUT2D eigenvalue weighted by atomic mass is 35.5. The average Bonchev–Trinajstić information content (AvgIpc) is 3.34. The van der Waals surface area contributed by atoms with Gasteiger partial charge in [-0.2, -0.15) is 0 Å². The zero-order valence-corrected chi connectivity index (χ0v) is 18.6. The lowest BCUT2D eigenvalue weighted by Gasteiger charge is -2.27. The maximum absolute atomic E-state index is 12.4. The van der Waals surface area contributed by atoms with E-state index in [1.807, 2.05) is 13.0 Å². The van der Waals surface area contributed by atoms with Crippen molar-refractivity contribution in [2.75, 3.05) is 26.2 Å². The Bertz CT molecular complexity index is 743. The zero-order valence-electron chi connectivity index (χ0n) is 16.9. The third-order valence-corrected chi connectivity index (χ3v) is 6.07. The molecule has 4 nitrogen and oxygen atoms in total. The number of hydrogen-bond acceptors (Lipinski definition) is 4. The van der Waals surface area contributed by atoms with E-state index in [2.05, 4.69) is 53.7 Å². The molecule has 1 fully saturated rings. The second kappa shape index (κ2) is 10.8. The van der Waals surface area contributed by atoms with Crippen LogP contribution in [0.4, 0.5) is 0 Å². The predicted octanol–water partition coefficient (Wildman–Crippen LogP) is 4.93. The summed E-state index contributed by atoms with van der Waals surface area (Å²) in [6.45, 7) is 9.22. The van der Waals surface area contributed by atoms with Crippen LogP contribution in [0.1, 0.15) is 54.7 Å². The van der Waals surface area contributed by atoms with E-state index in [1.54, 1.807) is 11.3 Å². The van der Waals surface area contributed by atoms with E-state index < -0.39 is 0 Å². The summed E-state index contributed by atoms with van der Waals surface area (Å²) < 4.78 is 5.87.